The van der Waals surface area contributed by atoms with Crippen molar-refractivity contribution in [1.82, 2.24) is 35.8 Å². The predicted molar refractivity (Wildman–Crippen MR) is 150 cm³/mol. The van der Waals surface area contributed by atoms with Gasteiger partial charge in [0.05, 0.1) is 29.3 Å². The van der Waals surface area contributed by atoms with Crippen LogP contribution in [0.1, 0.15) is 22.5 Å². The van der Waals surface area contributed by atoms with Crippen LogP contribution in [0, 0.1) is 0 Å². The summed E-state index contributed by atoms with van der Waals surface area (Å²) >= 11 is 0. The first-order chi connectivity index (χ1) is 19.0. The van der Waals surface area contributed by atoms with Gasteiger partial charge in [0.2, 0.25) is 11.8 Å². The molecule has 6 N–H and O–H groups in total. The van der Waals surface area contributed by atoms with Gasteiger partial charge >= 0.3 is 0 Å². The molecule has 204 valence electrons. The zero-order valence-electron chi connectivity index (χ0n) is 21.8. The van der Waals surface area contributed by atoms with Gasteiger partial charge in [-0.05, 0) is 12.1 Å². The van der Waals surface area contributed by atoms with Crippen molar-refractivity contribution >= 4 is 39.5 Å². The van der Waals surface area contributed by atoms with Crippen molar-refractivity contribution < 1.29 is 14.4 Å². The van der Waals surface area contributed by atoms with Gasteiger partial charge in [-0.3, -0.25) is 19.3 Å². The van der Waals surface area contributed by atoms with E-state index in [1.807, 2.05) is 48.5 Å². The molecule has 2 aromatic carbocycles. The number of nitrogens with two attached hydrogens (primary N) is 1. The minimum atomic E-state index is -0.172. The number of nitrogens with zero attached hydrogens (tertiary/aromatic N) is 3. The second kappa shape index (κ2) is 14.0. The van der Waals surface area contributed by atoms with Gasteiger partial charge in [-0.1, -0.05) is 36.4 Å². The Balaban J connectivity index is 1.36. The lowest BCUT2D eigenvalue weighted by atomic mass is 10.0. The van der Waals surface area contributed by atoms with Crippen LogP contribution in [0.2, 0.25) is 0 Å². The van der Waals surface area contributed by atoms with Gasteiger partial charge in [-0.2, -0.15) is 0 Å². The largest absolute Gasteiger partial charge is 0.355 e. The molecule has 0 saturated heterocycles. The minimum Gasteiger partial charge on any atom is -0.355 e. The Morgan fingerprint density at radius 2 is 1.41 bits per heavy atom. The fraction of sp³-hybridized carbons (Fsp3) is 0.321. The van der Waals surface area contributed by atoms with Crippen molar-refractivity contribution in [2.75, 3.05) is 45.8 Å². The van der Waals surface area contributed by atoms with Crippen molar-refractivity contribution in [2.45, 2.75) is 12.8 Å². The van der Waals surface area contributed by atoms with Crippen LogP contribution in [0.15, 0.2) is 61.1 Å². The summed E-state index contributed by atoms with van der Waals surface area (Å²) in [4.78, 5) is 51.1. The number of fused-ring (bicyclic) bond motifs is 2. The first-order valence-electron chi connectivity index (χ1n) is 13.0. The molecule has 0 aliphatic heterocycles. The smallest absolute Gasteiger partial charge is 0.252 e. The molecule has 0 aliphatic carbocycles. The van der Waals surface area contributed by atoms with E-state index in [1.165, 1.54) is 6.33 Å². The van der Waals surface area contributed by atoms with Gasteiger partial charge in [0.25, 0.3) is 5.91 Å². The fourth-order valence-electron chi connectivity index (χ4n) is 4.38. The number of rotatable bonds is 14. The SMILES string of the molecule is NCCC(=O)NCCN(CCNC(=O)Cc1cnc[nH]1)CCNC(=O)c1c2ccccc2nc2ccccc12. The number of hydrogen-bond acceptors (Lipinski definition) is 7. The first-order valence-corrected chi connectivity index (χ1v) is 13.0. The Bertz CT molecular complexity index is 1350. The summed E-state index contributed by atoms with van der Waals surface area (Å²) in [5, 5.41) is 10.4. The molecule has 11 heteroatoms. The quantitative estimate of drug-likeness (QED) is 0.152. The molecule has 0 radical (unpaired) electrons. The Kier molecular flexibility index (Phi) is 9.92. The zero-order valence-corrected chi connectivity index (χ0v) is 21.8. The number of H-pyrrole nitrogens is 1. The first kappa shape index (κ1) is 27.7. The topological polar surface area (TPSA) is 158 Å². The number of aromatic nitrogens is 3. The molecule has 4 aromatic rings. The van der Waals surface area contributed by atoms with Gasteiger partial charge in [-0.25, -0.2) is 9.97 Å². The molecule has 39 heavy (non-hydrogen) atoms. The highest BCUT2D eigenvalue weighted by molar-refractivity contribution is 6.16. The molecule has 0 saturated carbocycles. The lowest BCUT2D eigenvalue weighted by Crippen LogP contribution is -2.43. The molecule has 0 atom stereocenters. The highest BCUT2D eigenvalue weighted by Gasteiger charge is 2.16. The Hall–Kier alpha value is -4.35. The molecule has 0 bridgehead atoms. The number of aromatic amines is 1. The van der Waals surface area contributed by atoms with Crippen molar-refractivity contribution in [2.24, 2.45) is 5.73 Å². The number of benzene rings is 2. The molecule has 11 nitrogen and oxygen atoms in total. The third-order valence-corrected chi connectivity index (χ3v) is 6.31. The third-order valence-electron chi connectivity index (χ3n) is 6.31. The maximum absolute atomic E-state index is 13.4. The lowest BCUT2D eigenvalue weighted by Gasteiger charge is -2.23. The summed E-state index contributed by atoms with van der Waals surface area (Å²) in [5.74, 6) is -0.385. The number of nitrogens with one attached hydrogen (secondary N) is 4. The van der Waals surface area contributed by atoms with Crippen LogP contribution in [0.5, 0.6) is 0 Å². The van der Waals surface area contributed by atoms with E-state index in [-0.39, 0.29) is 30.6 Å². The van der Waals surface area contributed by atoms with Gasteiger partial charge in [0.15, 0.2) is 0 Å². The summed E-state index contributed by atoms with van der Waals surface area (Å²) in [6, 6.07) is 15.2. The Morgan fingerprint density at radius 1 is 0.821 bits per heavy atom. The molecule has 4 rings (SSSR count). The van der Waals surface area contributed by atoms with Gasteiger partial charge in [0.1, 0.15) is 0 Å². The summed E-state index contributed by atoms with van der Waals surface area (Å²) in [7, 11) is 0. The number of hydrogen-bond donors (Lipinski definition) is 5. The number of carbonyl (C=O) groups excluding carboxylic acids is 3. The van der Waals surface area contributed by atoms with Crippen LogP contribution in [-0.4, -0.2) is 83.4 Å². The average molecular weight is 531 g/mol. The van der Waals surface area contributed by atoms with E-state index in [4.69, 9.17) is 10.7 Å². The molecule has 0 fully saturated rings. The lowest BCUT2D eigenvalue weighted by molar-refractivity contribution is -0.121. The van der Waals surface area contributed by atoms with E-state index in [0.29, 0.717) is 51.4 Å². The van der Waals surface area contributed by atoms with Crippen LogP contribution in [0.4, 0.5) is 0 Å². The second-order valence-electron chi connectivity index (χ2n) is 9.11. The number of imidazole rings is 1. The summed E-state index contributed by atoms with van der Waals surface area (Å²) in [6.07, 6.45) is 3.65. The van der Waals surface area contributed by atoms with E-state index in [9.17, 15) is 14.4 Å². The van der Waals surface area contributed by atoms with Crippen LogP contribution in [0.25, 0.3) is 21.8 Å². The Labute approximate surface area is 226 Å². The van der Waals surface area contributed by atoms with Crippen molar-refractivity contribution in [3.05, 3.63) is 72.3 Å². The molecule has 2 heterocycles. The number of amides is 3. The molecule has 3 amide bonds. The number of carbonyl (C=O) groups is 3. The van der Waals surface area contributed by atoms with Crippen molar-refractivity contribution in [1.29, 1.82) is 0 Å². The number of pyridine rings is 1. The standard InChI is InChI=1S/C28H34N8O3/c29-10-9-25(37)31-11-14-36(15-12-32-26(38)17-20-18-30-19-34-20)16-13-33-28(39)27-21-5-1-3-7-23(21)35-24-8-4-2-6-22(24)27/h1-8,18-19H,9-17,29H2,(H,30,34)(H,31,37)(H,32,38)(H,33,39). The average Bonchev–Trinajstić information content (AvgIpc) is 3.44. The maximum atomic E-state index is 13.4. The fourth-order valence-corrected chi connectivity index (χ4v) is 4.38. The molecular weight excluding hydrogens is 496 g/mol. The number of para-hydroxylation sites is 2. The minimum absolute atomic E-state index is 0.102. The summed E-state index contributed by atoms with van der Waals surface area (Å²) in [5.41, 5.74) is 8.33. The molecule has 0 aliphatic rings. The van der Waals surface area contributed by atoms with Gasteiger partial charge < -0.3 is 26.7 Å². The summed E-state index contributed by atoms with van der Waals surface area (Å²) < 4.78 is 0. The highest BCUT2D eigenvalue weighted by Crippen LogP contribution is 2.25. The van der Waals surface area contributed by atoms with E-state index < -0.39 is 0 Å². The van der Waals surface area contributed by atoms with E-state index in [2.05, 4.69) is 30.8 Å². The Morgan fingerprint density at radius 3 is 2.00 bits per heavy atom. The normalized spacial score (nSPS) is 11.1. The summed E-state index contributed by atoms with van der Waals surface area (Å²) in [6.45, 7) is 3.20. The molecular formula is C28H34N8O3. The van der Waals surface area contributed by atoms with E-state index in [1.54, 1.807) is 6.20 Å². The monoisotopic (exact) mass is 530 g/mol. The van der Waals surface area contributed by atoms with E-state index >= 15 is 0 Å². The van der Waals surface area contributed by atoms with Gasteiger partial charge in [-0.15, -0.1) is 0 Å². The van der Waals surface area contributed by atoms with Gasteiger partial charge in [0, 0.05) is 74.9 Å². The molecule has 2 aromatic heterocycles. The van der Waals surface area contributed by atoms with Crippen molar-refractivity contribution in [3.8, 4) is 0 Å². The van der Waals surface area contributed by atoms with Crippen LogP contribution < -0.4 is 21.7 Å². The van der Waals surface area contributed by atoms with Crippen LogP contribution >= 0.6 is 0 Å². The predicted octanol–water partition coefficient (Wildman–Crippen LogP) is 0.967. The second-order valence-corrected chi connectivity index (χ2v) is 9.11. The highest BCUT2D eigenvalue weighted by atomic mass is 16.2. The molecule has 0 spiro atoms. The van der Waals surface area contributed by atoms with Crippen LogP contribution in [-0.2, 0) is 16.0 Å². The maximum Gasteiger partial charge on any atom is 0.252 e. The van der Waals surface area contributed by atoms with Crippen LogP contribution in [0.3, 0.4) is 0 Å². The third kappa shape index (κ3) is 7.82. The van der Waals surface area contributed by atoms with E-state index in [0.717, 1.165) is 27.5 Å². The zero-order chi connectivity index (χ0) is 27.5. The van der Waals surface area contributed by atoms with Crippen molar-refractivity contribution in [3.63, 3.8) is 0 Å². The molecule has 0 unspecified atom stereocenters.